The predicted octanol–water partition coefficient (Wildman–Crippen LogP) is 3.49. The Morgan fingerprint density at radius 2 is 1.52 bits per heavy atom. The van der Waals surface area contributed by atoms with Gasteiger partial charge in [0, 0.05) is 13.6 Å². The molecule has 0 aromatic heterocycles. The molecule has 0 spiro atoms. The maximum atomic E-state index is 12.2. The normalized spacial score (nSPS) is 10.4. The molecule has 2 aromatic rings. The van der Waals surface area contributed by atoms with Crippen LogP contribution < -0.4 is 0 Å². The van der Waals surface area contributed by atoms with Crippen LogP contribution >= 0.6 is 0 Å². The monoisotopic (exact) mass is 281 g/mol. The Morgan fingerprint density at radius 1 is 0.905 bits per heavy atom. The number of nitrogens with zero attached hydrogens (tertiary/aromatic N) is 1. The van der Waals surface area contributed by atoms with Crippen molar-refractivity contribution in [3.05, 3.63) is 71.3 Å². The molecule has 0 saturated heterocycles. The summed E-state index contributed by atoms with van der Waals surface area (Å²) in [5.74, 6) is 0.176. The van der Waals surface area contributed by atoms with E-state index in [1.54, 1.807) is 0 Å². The van der Waals surface area contributed by atoms with Crippen LogP contribution in [0, 0.1) is 0 Å². The van der Waals surface area contributed by atoms with E-state index in [1.807, 2.05) is 30.1 Å². The van der Waals surface area contributed by atoms with Crippen molar-refractivity contribution < 1.29 is 4.79 Å². The molecule has 0 aliphatic carbocycles. The van der Waals surface area contributed by atoms with Crippen molar-refractivity contribution in [1.82, 2.24) is 4.90 Å². The first-order valence-corrected chi connectivity index (χ1v) is 7.54. The number of rotatable bonds is 6. The summed E-state index contributed by atoms with van der Waals surface area (Å²) in [7, 11) is 1.88. The predicted molar refractivity (Wildman–Crippen MR) is 87.3 cm³/mol. The van der Waals surface area contributed by atoms with Gasteiger partial charge in [0.1, 0.15) is 0 Å². The number of hydrogen-bond donors (Lipinski definition) is 0. The Balaban J connectivity index is 1.84. The second-order valence-electron chi connectivity index (χ2n) is 5.40. The molecule has 110 valence electrons. The molecule has 0 bridgehead atoms. The first-order valence-electron chi connectivity index (χ1n) is 7.54. The Kier molecular flexibility index (Phi) is 5.56. The van der Waals surface area contributed by atoms with E-state index in [-0.39, 0.29) is 5.91 Å². The summed E-state index contributed by atoms with van der Waals surface area (Å²) < 4.78 is 0. The van der Waals surface area contributed by atoms with E-state index in [0.717, 1.165) is 24.9 Å². The minimum atomic E-state index is 0.176. The van der Waals surface area contributed by atoms with Gasteiger partial charge >= 0.3 is 0 Å². The fourth-order valence-corrected chi connectivity index (χ4v) is 2.27. The van der Waals surface area contributed by atoms with Crippen LogP contribution in [-0.2, 0) is 24.1 Å². The van der Waals surface area contributed by atoms with Crippen molar-refractivity contribution in [2.75, 3.05) is 13.6 Å². The molecule has 21 heavy (non-hydrogen) atoms. The lowest BCUT2D eigenvalue weighted by Gasteiger charge is -2.17. The lowest BCUT2D eigenvalue weighted by atomic mass is 10.1. The number of hydrogen-bond acceptors (Lipinski definition) is 1. The standard InChI is InChI=1S/C19H23NO/c1-3-16-9-11-18(12-10-16)15-19(21)20(2)14-13-17-7-5-4-6-8-17/h4-12H,3,13-15H2,1-2H3. The Bertz CT molecular complexity index is 560. The van der Waals surface area contributed by atoms with E-state index in [9.17, 15) is 4.79 Å². The van der Waals surface area contributed by atoms with Gasteiger partial charge in [-0.05, 0) is 29.5 Å². The maximum absolute atomic E-state index is 12.2. The average Bonchev–Trinajstić information content (AvgIpc) is 2.54. The summed E-state index contributed by atoms with van der Waals surface area (Å²) in [5, 5.41) is 0. The molecule has 0 aliphatic heterocycles. The molecule has 2 rings (SSSR count). The van der Waals surface area contributed by atoms with E-state index >= 15 is 0 Å². The molecule has 0 aliphatic rings. The van der Waals surface area contributed by atoms with Crippen LogP contribution in [0.15, 0.2) is 54.6 Å². The molecule has 0 heterocycles. The SMILES string of the molecule is CCc1ccc(CC(=O)N(C)CCc2ccccc2)cc1. The summed E-state index contributed by atoms with van der Waals surface area (Å²) in [6, 6.07) is 18.6. The van der Waals surface area contributed by atoms with Crippen LogP contribution in [0.25, 0.3) is 0 Å². The highest BCUT2D eigenvalue weighted by Gasteiger charge is 2.09. The van der Waals surface area contributed by atoms with Crippen molar-refractivity contribution in [2.45, 2.75) is 26.2 Å². The Labute approximate surface area is 127 Å². The molecular weight excluding hydrogens is 258 g/mol. The van der Waals surface area contributed by atoms with Crippen LogP contribution in [0.4, 0.5) is 0 Å². The molecule has 0 N–H and O–H groups in total. The van der Waals surface area contributed by atoms with E-state index in [1.165, 1.54) is 11.1 Å². The van der Waals surface area contributed by atoms with Gasteiger partial charge in [0.2, 0.25) is 5.91 Å². The molecule has 0 saturated carbocycles. The van der Waals surface area contributed by atoms with Gasteiger partial charge in [-0.1, -0.05) is 61.5 Å². The minimum Gasteiger partial charge on any atom is -0.345 e. The van der Waals surface area contributed by atoms with Gasteiger partial charge in [0.15, 0.2) is 0 Å². The molecule has 0 fully saturated rings. The summed E-state index contributed by atoms with van der Waals surface area (Å²) in [4.78, 5) is 14.0. The zero-order valence-electron chi connectivity index (χ0n) is 12.9. The molecule has 2 aromatic carbocycles. The molecule has 2 nitrogen and oxygen atoms in total. The van der Waals surface area contributed by atoms with Gasteiger partial charge in [-0.2, -0.15) is 0 Å². The summed E-state index contributed by atoms with van der Waals surface area (Å²) in [6.45, 7) is 2.90. The number of carbonyl (C=O) groups is 1. The topological polar surface area (TPSA) is 20.3 Å². The Hall–Kier alpha value is -2.09. The zero-order valence-corrected chi connectivity index (χ0v) is 12.9. The van der Waals surface area contributed by atoms with Crippen molar-refractivity contribution in [1.29, 1.82) is 0 Å². The zero-order chi connectivity index (χ0) is 15.1. The number of likely N-dealkylation sites (N-methyl/N-ethyl adjacent to an activating group) is 1. The van der Waals surface area contributed by atoms with Crippen molar-refractivity contribution >= 4 is 5.91 Å². The fourth-order valence-electron chi connectivity index (χ4n) is 2.27. The number of aryl methyl sites for hydroxylation is 1. The lowest BCUT2D eigenvalue weighted by Crippen LogP contribution is -2.30. The molecule has 1 amide bonds. The molecular formula is C19H23NO. The second-order valence-corrected chi connectivity index (χ2v) is 5.40. The van der Waals surface area contributed by atoms with E-state index in [0.29, 0.717) is 6.42 Å². The van der Waals surface area contributed by atoms with E-state index < -0.39 is 0 Å². The van der Waals surface area contributed by atoms with Crippen LogP contribution in [0.1, 0.15) is 23.6 Å². The van der Waals surface area contributed by atoms with Crippen molar-refractivity contribution in [3.8, 4) is 0 Å². The molecule has 2 heteroatoms. The van der Waals surface area contributed by atoms with Crippen molar-refractivity contribution in [3.63, 3.8) is 0 Å². The Morgan fingerprint density at radius 3 is 2.14 bits per heavy atom. The highest BCUT2D eigenvalue weighted by atomic mass is 16.2. The van der Waals surface area contributed by atoms with E-state index in [4.69, 9.17) is 0 Å². The third-order valence-corrected chi connectivity index (χ3v) is 3.79. The van der Waals surface area contributed by atoms with Crippen molar-refractivity contribution in [2.24, 2.45) is 0 Å². The number of benzene rings is 2. The maximum Gasteiger partial charge on any atom is 0.226 e. The largest absolute Gasteiger partial charge is 0.345 e. The van der Waals surface area contributed by atoms with Gasteiger partial charge in [-0.3, -0.25) is 4.79 Å². The van der Waals surface area contributed by atoms with Gasteiger partial charge in [0.05, 0.1) is 6.42 Å². The third-order valence-electron chi connectivity index (χ3n) is 3.79. The number of amides is 1. The van der Waals surface area contributed by atoms with Gasteiger partial charge in [0.25, 0.3) is 0 Å². The number of carbonyl (C=O) groups excluding carboxylic acids is 1. The fraction of sp³-hybridized carbons (Fsp3) is 0.316. The molecule has 0 unspecified atom stereocenters. The van der Waals surface area contributed by atoms with Crippen LogP contribution in [0.3, 0.4) is 0 Å². The average molecular weight is 281 g/mol. The van der Waals surface area contributed by atoms with Gasteiger partial charge < -0.3 is 4.90 Å². The molecule has 0 atom stereocenters. The minimum absolute atomic E-state index is 0.176. The quantitative estimate of drug-likeness (QED) is 0.793. The van der Waals surface area contributed by atoms with E-state index in [2.05, 4.69) is 43.3 Å². The summed E-state index contributed by atoms with van der Waals surface area (Å²) >= 11 is 0. The first-order chi connectivity index (χ1) is 10.2. The molecule has 0 radical (unpaired) electrons. The third kappa shape index (κ3) is 4.75. The summed E-state index contributed by atoms with van der Waals surface area (Å²) in [5.41, 5.74) is 3.66. The van der Waals surface area contributed by atoms with Gasteiger partial charge in [-0.25, -0.2) is 0 Å². The smallest absolute Gasteiger partial charge is 0.226 e. The lowest BCUT2D eigenvalue weighted by molar-refractivity contribution is -0.129. The summed E-state index contributed by atoms with van der Waals surface area (Å²) in [6.07, 6.45) is 2.42. The second kappa shape index (κ2) is 7.63. The highest BCUT2D eigenvalue weighted by Crippen LogP contribution is 2.07. The van der Waals surface area contributed by atoms with Crippen LogP contribution in [0.5, 0.6) is 0 Å². The van der Waals surface area contributed by atoms with Gasteiger partial charge in [-0.15, -0.1) is 0 Å². The van der Waals surface area contributed by atoms with Crippen LogP contribution in [-0.4, -0.2) is 24.4 Å². The first kappa shape index (κ1) is 15.3. The van der Waals surface area contributed by atoms with Crippen LogP contribution in [0.2, 0.25) is 0 Å². The highest BCUT2D eigenvalue weighted by molar-refractivity contribution is 5.78.